The van der Waals surface area contributed by atoms with E-state index in [1.54, 1.807) is 0 Å². The Hall–Kier alpha value is -2.71. The number of aliphatic hydroxyl groups excluding tert-OH is 1. The molecule has 180 valence electrons. The summed E-state index contributed by atoms with van der Waals surface area (Å²) in [5, 5.41) is 16.0. The molecule has 2 aromatic heterocycles. The summed E-state index contributed by atoms with van der Waals surface area (Å²) >= 11 is 0. The highest BCUT2D eigenvalue weighted by molar-refractivity contribution is 6.05. The molecule has 34 heavy (non-hydrogen) atoms. The Labute approximate surface area is 199 Å². The molecule has 3 heterocycles. The molecule has 1 saturated heterocycles. The van der Waals surface area contributed by atoms with E-state index in [1.807, 2.05) is 10.8 Å². The van der Waals surface area contributed by atoms with Crippen LogP contribution in [-0.2, 0) is 0 Å². The van der Waals surface area contributed by atoms with E-state index in [9.17, 15) is 9.90 Å². The molecule has 0 radical (unpaired) electrons. The minimum atomic E-state index is -0.270. The predicted molar refractivity (Wildman–Crippen MR) is 136 cm³/mol. The molecule has 3 aromatic rings. The molecule has 1 aromatic carbocycles. The summed E-state index contributed by atoms with van der Waals surface area (Å²) in [6, 6.07) is 6.31. The highest BCUT2D eigenvalue weighted by Gasteiger charge is 2.26. The van der Waals surface area contributed by atoms with Gasteiger partial charge < -0.3 is 20.2 Å². The molecule has 6 rings (SSSR count). The Morgan fingerprint density at radius 1 is 1.00 bits per heavy atom. The van der Waals surface area contributed by atoms with Crippen molar-refractivity contribution < 1.29 is 5.11 Å². The Bertz CT molecular complexity index is 1250. The highest BCUT2D eigenvalue weighted by atomic mass is 16.3. The fourth-order valence-corrected chi connectivity index (χ4v) is 5.48. The van der Waals surface area contributed by atoms with Gasteiger partial charge in [-0.05, 0) is 69.0 Å². The quantitative estimate of drug-likeness (QED) is 0.564. The number of likely N-dealkylation sites (N-methyl/N-ethyl adjacent to an activating group) is 1. The Kier molecular flexibility index (Phi) is 5.65. The van der Waals surface area contributed by atoms with Crippen LogP contribution < -0.4 is 15.8 Å². The van der Waals surface area contributed by atoms with Crippen molar-refractivity contribution in [3.05, 3.63) is 34.7 Å². The number of pyridine rings is 1. The van der Waals surface area contributed by atoms with Crippen LogP contribution in [0.2, 0.25) is 0 Å². The van der Waals surface area contributed by atoms with Crippen molar-refractivity contribution >= 4 is 33.4 Å². The van der Waals surface area contributed by atoms with Gasteiger partial charge >= 0.3 is 0 Å². The van der Waals surface area contributed by atoms with E-state index in [0.29, 0.717) is 17.5 Å². The monoisotopic (exact) mass is 462 g/mol. The lowest BCUT2D eigenvalue weighted by molar-refractivity contribution is 0.111. The number of nitrogens with one attached hydrogen (secondary N) is 1. The fraction of sp³-hybridized carbons (Fsp3) is 0.577. The summed E-state index contributed by atoms with van der Waals surface area (Å²) in [6.07, 6.45) is 7.14. The highest BCUT2D eigenvalue weighted by Crippen LogP contribution is 2.33. The zero-order valence-corrected chi connectivity index (χ0v) is 19.9. The maximum absolute atomic E-state index is 14.0. The Morgan fingerprint density at radius 3 is 2.50 bits per heavy atom. The van der Waals surface area contributed by atoms with Crippen molar-refractivity contribution in [2.45, 2.75) is 50.7 Å². The maximum atomic E-state index is 14.0. The number of hydrogen-bond donors (Lipinski definition) is 2. The zero-order valence-electron chi connectivity index (χ0n) is 19.9. The molecule has 0 amide bonds. The molecule has 1 aliphatic heterocycles. The first-order chi connectivity index (χ1) is 16.6. The van der Waals surface area contributed by atoms with Crippen LogP contribution >= 0.6 is 0 Å². The number of aliphatic hydroxyl groups is 1. The fourth-order valence-electron chi connectivity index (χ4n) is 5.48. The molecule has 8 nitrogen and oxygen atoms in total. The van der Waals surface area contributed by atoms with E-state index in [-0.39, 0.29) is 17.7 Å². The molecule has 3 fully saturated rings. The Balaban J connectivity index is 1.47. The molecule has 2 saturated carbocycles. The molecule has 0 spiro atoms. The lowest BCUT2D eigenvalue weighted by atomic mass is 9.92. The molecule has 2 aliphatic carbocycles. The first kappa shape index (κ1) is 21.8. The van der Waals surface area contributed by atoms with Crippen molar-refractivity contribution in [1.29, 1.82) is 0 Å². The van der Waals surface area contributed by atoms with Gasteiger partial charge in [0.05, 0.1) is 11.5 Å². The molecule has 0 atom stereocenters. The van der Waals surface area contributed by atoms with Gasteiger partial charge in [0.1, 0.15) is 5.65 Å². The number of nitrogens with zero attached hydrogens (tertiary/aromatic N) is 5. The second-order valence-electron chi connectivity index (χ2n) is 10.4. The van der Waals surface area contributed by atoms with Gasteiger partial charge in [0.15, 0.2) is 0 Å². The summed E-state index contributed by atoms with van der Waals surface area (Å²) in [7, 11) is 2.15. The van der Waals surface area contributed by atoms with E-state index >= 15 is 0 Å². The van der Waals surface area contributed by atoms with Crippen molar-refractivity contribution in [3.63, 3.8) is 0 Å². The lowest BCUT2D eigenvalue weighted by Gasteiger charge is -2.34. The topological polar surface area (TPSA) is 86.5 Å². The smallest absolute Gasteiger partial charge is 0.260 e. The molecule has 0 unspecified atom stereocenters. The molecule has 3 aliphatic rings. The van der Waals surface area contributed by atoms with Crippen LogP contribution in [0.25, 0.3) is 21.8 Å². The van der Waals surface area contributed by atoms with Crippen LogP contribution in [0.3, 0.4) is 0 Å². The summed E-state index contributed by atoms with van der Waals surface area (Å²) in [5.41, 5.74) is 1.83. The van der Waals surface area contributed by atoms with E-state index in [0.717, 1.165) is 80.3 Å². The number of piperazine rings is 1. The van der Waals surface area contributed by atoms with Crippen LogP contribution in [0.1, 0.15) is 44.6 Å². The number of fused-ring (bicyclic) bond motifs is 3. The van der Waals surface area contributed by atoms with Gasteiger partial charge in [0.25, 0.3) is 5.56 Å². The average Bonchev–Trinajstić information content (AvgIpc) is 3.69. The van der Waals surface area contributed by atoms with Gasteiger partial charge in [-0.15, -0.1) is 0 Å². The molecule has 2 N–H and O–H groups in total. The molecule has 8 heteroatoms. The van der Waals surface area contributed by atoms with Gasteiger partial charge in [0, 0.05) is 56.0 Å². The van der Waals surface area contributed by atoms with Gasteiger partial charge in [-0.3, -0.25) is 9.36 Å². The molecule has 0 bridgehead atoms. The molecular formula is C26H34N6O2. The second kappa shape index (κ2) is 8.82. The van der Waals surface area contributed by atoms with E-state index in [4.69, 9.17) is 4.98 Å². The average molecular weight is 463 g/mol. The minimum absolute atomic E-state index is 0.0201. The van der Waals surface area contributed by atoms with Gasteiger partial charge in [0.2, 0.25) is 5.95 Å². The third-order valence-corrected chi connectivity index (χ3v) is 7.88. The van der Waals surface area contributed by atoms with Crippen LogP contribution in [0, 0.1) is 5.92 Å². The second-order valence-corrected chi connectivity index (χ2v) is 10.4. The first-order valence-electron chi connectivity index (χ1n) is 12.8. The van der Waals surface area contributed by atoms with Gasteiger partial charge in [-0.25, -0.2) is 4.98 Å². The number of aromatic nitrogens is 3. The van der Waals surface area contributed by atoms with Crippen LogP contribution in [0.15, 0.2) is 29.2 Å². The third-order valence-electron chi connectivity index (χ3n) is 7.88. The van der Waals surface area contributed by atoms with E-state index in [2.05, 4.69) is 45.3 Å². The van der Waals surface area contributed by atoms with E-state index in [1.165, 1.54) is 12.8 Å². The van der Waals surface area contributed by atoms with Crippen LogP contribution in [0.5, 0.6) is 0 Å². The van der Waals surface area contributed by atoms with Crippen molar-refractivity contribution in [3.8, 4) is 0 Å². The lowest BCUT2D eigenvalue weighted by Crippen LogP contribution is -2.44. The first-order valence-corrected chi connectivity index (χ1v) is 12.8. The number of rotatable bonds is 5. The SMILES string of the molecule is CN1CCN(c2ccc3c(c2)c(=O)n(C2CCC(O)CC2)c2nc(NCC4CC4)ncc32)CC1. The number of anilines is 2. The molecular weight excluding hydrogens is 428 g/mol. The summed E-state index contributed by atoms with van der Waals surface area (Å²) in [4.78, 5) is 28.2. The minimum Gasteiger partial charge on any atom is -0.393 e. The van der Waals surface area contributed by atoms with Gasteiger partial charge in [-0.2, -0.15) is 4.98 Å². The van der Waals surface area contributed by atoms with Crippen molar-refractivity contribution in [1.82, 2.24) is 19.4 Å². The predicted octanol–water partition coefficient (Wildman–Crippen LogP) is 2.99. The summed E-state index contributed by atoms with van der Waals surface area (Å²) in [5.74, 6) is 1.31. The van der Waals surface area contributed by atoms with Crippen molar-refractivity contribution in [2.75, 3.05) is 50.0 Å². The largest absolute Gasteiger partial charge is 0.393 e. The third kappa shape index (κ3) is 4.14. The summed E-state index contributed by atoms with van der Waals surface area (Å²) in [6.45, 7) is 4.85. The van der Waals surface area contributed by atoms with Crippen molar-refractivity contribution in [2.24, 2.45) is 5.92 Å². The zero-order chi connectivity index (χ0) is 23.2. The van der Waals surface area contributed by atoms with Crippen LogP contribution in [0.4, 0.5) is 11.6 Å². The van der Waals surface area contributed by atoms with E-state index < -0.39 is 0 Å². The number of hydrogen-bond acceptors (Lipinski definition) is 7. The summed E-state index contributed by atoms with van der Waals surface area (Å²) < 4.78 is 1.90. The standard InChI is InChI=1S/C26H34N6O2/c1-30-10-12-31(13-11-30)19-6-9-21-22(14-19)25(34)32(18-4-7-20(33)8-5-18)24-23(21)16-28-26(29-24)27-15-17-2-3-17/h6,9,14,16-18,20,33H,2-5,7-8,10-13,15H2,1H3,(H,27,28,29). The normalized spacial score (nSPS) is 24.1. The van der Waals surface area contributed by atoms with Crippen LogP contribution in [-0.4, -0.2) is 70.4 Å². The Morgan fingerprint density at radius 2 is 1.76 bits per heavy atom. The van der Waals surface area contributed by atoms with Gasteiger partial charge in [-0.1, -0.05) is 6.07 Å². The number of benzene rings is 1. The maximum Gasteiger partial charge on any atom is 0.260 e.